The first-order valence-electron chi connectivity index (χ1n) is 4.62. The summed E-state index contributed by atoms with van der Waals surface area (Å²) in [4.78, 5) is 15.4. The number of hydrogen-bond acceptors (Lipinski definition) is 5. The topological polar surface area (TPSA) is 65.2 Å². The maximum atomic E-state index is 11.3. The summed E-state index contributed by atoms with van der Waals surface area (Å²) in [5.41, 5.74) is 1.35. The number of aromatic nitrogens is 2. The van der Waals surface area contributed by atoms with Crippen LogP contribution in [0.2, 0.25) is 0 Å². The van der Waals surface area contributed by atoms with E-state index < -0.39 is 5.97 Å². The van der Waals surface area contributed by atoms with E-state index in [1.165, 1.54) is 0 Å². The number of hydrogen-bond donors (Lipinski definition) is 0. The Labute approximate surface area is 86.0 Å². The van der Waals surface area contributed by atoms with Crippen LogP contribution < -0.4 is 0 Å². The second-order valence-corrected chi connectivity index (χ2v) is 3.04. The van der Waals surface area contributed by atoms with E-state index in [1.54, 1.807) is 19.1 Å². The molecular formula is C10H10N2O3. The monoisotopic (exact) mass is 206 g/mol. The first-order chi connectivity index (χ1) is 7.22. The molecule has 5 heteroatoms. The van der Waals surface area contributed by atoms with Gasteiger partial charge in [-0.05, 0) is 26.0 Å². The largest absolute Gasteiger partial charge is 0.461 e. The van der Waals surface area contributed by atoms with Gasteiger partial charge in [0.05, 0.1) is 17.7 Å². The van der Waals surface area contributed by atoms with Crippen molar-refractivity contribution >= 4 is 17.1 Å². The molecule has 0 N–H and O–H groups in total. The average molecular weight is 206 g/mol. The van der Waals surface area contributed by atoms with Crippen LogP contribution in [0.4, 0.5) is 0 Å². The molecule has 0 aliphatic rings. The second kappa shape index (κ2) is 3.68. The Balaban J connectivity index is 2.43. The molecule has 2 rings (SSSR count). The number of fused-ring (bicyclic) bond motifs is 1. The van der Waals surface area contributed by atoms with Crippen LogP contribution in [0, 0.1) is 6.92 Å². The molecule has 0 saturated carbocycles. The summed E-state index contributed by atoms with van der Waals surface area (Å²) in [6.07, 6.45) is 0. The molecule has 0 aliphatic heterocycles. The van der Waals surface area contributed by atoms with Gasteiger partial charge in [0, 0.05) is 0 Å². The fraction of sp³-hybridized carbons (Fsp3) is 0.300. The van der Waals surface area contributed by atoms with Gasteiger partial charge in [0.2, 0.25) is 0 Å². The van der Waals surface area contributed by atoms with Crippen LogP contribution in [-0.2, 0) is 4.74 Å². The molecule has 2 aromatic heterocycles. The predicted octanol–water partition coefficient (Wildman–Crippen LogP) is 1.71. The van der Waals surface area contributed by atoms with Gasteiger partial charge in [-0.15, -0.1) is 0 Å². The third-order valence-electron chi connectivity index (χ3n) is 2.00. The molecule has 0 aliphatic carbocycles. The van der Waals surface area contributed by atoms with Gasteiger partial charge in [-0.25, -0.2) is 9.78 Å². The van der Waals surface area contributed by atoms with Crippen LogP contribution in [0.15, 0.2) is 16.7 Å². The molecule has 0 atom stereocenters. The zero-order valence-electron chi connectivity index (χ0n) is 8.48. The van der Waals surface area contributed by atoms with Crippen molar-refractivity contribution in [2.75, 3.05) is 6.61 Å². The first kappa shape index (κ1) is 9.64. The lowest BCUT2D eigenvalue weighted by Crippen LogP contribution is -2.06. The number of rotatable bonds is 2. The van der Waals surface area contributed by atoms with E-state index in [1.807, 2.05) is 6.92 Å². The van der Waals surface area contributed by atoms with Crippen LogP contribution >= 0.6 is 0 Å². The van der Waals surface area contributed by atoms with Gasteiger partial charge in [0.15, 0.2) is 5.69 Å². The maximum absolute atomic E-state index is 11.3. The number of nitrogens with zero attached hydrogens (tertiary/aromatic N) is 2. The van der Waals surface area contributed by atoms with Crippen LogP contribution in [0.3, 0.4) is 0 Å². The first-order valence-corrected chi connectivity index (χ1v) is 4.62. The quantitative estimate of drug-likeness (QED) is 0.700. The number of ether oxygens (including phenoxy) is 1. The lowest BCUT2D eigenvalue weighted by Gasteiger charge is -1.99. The summed E-state index contributed by atoms with van der Waals surface area (Å²) in [7, 11) is 0. The number of carbonyl (C=O) groups excluding carboxylic acids is 1. The highest BCUT2D eigenvalue weighted by Crippen LogP contribution is 2.16. The van der Waals surface area contributed by atoms with Gasteiger partial charge >= 0.3 is 5.97 Å². The highest BCUT2D eigenvalue weighted by Gasteiger charge is 2.12. The van der Waals surface area contributed by atoms with Gasteiger partial charge in [0.25, 0.3) is 5.71 Å². The van der Waals surface area contributed by atoms with Crippen molar-refractivity contribution in [2.45, 2.75) is 13.8 Å². The van der Waals surface area contributed by atoms with Crippen LogP contribution in [0.25, 0.3) is 11.1 Å². The fourth-order valence-electron chi connectivity index (χ4n) is 1.26. The van der Waals surface area contributed by atoms with Gasteiger partial charge < -0.3 is 9.26 Å². The minimum Gasteiger partial charge on any atom is -0.461 e. The molecule has 0 amide bonds. The Bertz CT molecular complexity index is 504. The molecule has 0 bridgehead atoms. The Hall–Kier alpha value is -1.91. The van der Waals surface area contributed by atoms with Crippen molar-refractivity contribution in [1.29, 1.82) is 0 Å². The lowest BCUT2D eigenvalue weighted by atomic mass is 10.2. The third kappa shape index (κ3) is 1.68. The van der Waals surface area contributed by atoms with Crippen molar-refractivity contribution in [3.63, 3.8) is 0 Å². The number of aryl methyl sites for hydroxylation is 1. The summed E-state index contributed by atoms with van der Waals surface area (Å²) in [6, 6.07) is 3.35. The van der Waals surface area contributed by atoms with Crippen molar-refractivity contribution in [1.82, 2.24) is 10.1 Å². The molecular weight excluding hydrogens is 196 g/mol. The Kier molecular flexibility index (Phi) is 2.37. The zero-order valence-corrected chi connectivity index (χ0v) is 8.48. The van der Waals surface area contributed by atoms with Crippen LogP contribution in [0.5, 0.6) is 0 Å². The molecule has 0 saturated heterocycles. The molecule has 78 valence electrons. The van der Waals surface area contributed by atoms with Gasteiger partial charge in [-0.2, -0.15) is 0 Å². The minimum atomic E-state index is -0.451. The van der Waals surface area contributed by atoms with E-state index in [0.29, 0.717) is 12.3 Å². The van der Waals surface area contributed by atoms with E-state index in [0.717, 1.165) is 11.1 Å². The predicted molar refractivity (Wildman–Crippen MR) is 52.5 cm³/mol. The second-order valence-electron chi connectivity index (χ2n) is 3.04. The Morgan fingerprint density at radius 1 is 1.53 bits per heavy atom. The molecule has 0 radical (unpaired) electrons. The number of esters is 1. The van der Waals surface area contributed by atoms with Gasteiger partial charge in [-0.3, -0.25) is 0 Å². The number of pyridine rings is 1. The Morgan fingerprint density at radius 2 is 2.33 bits per heavy atom. The van der Waals surface area contributed by atoms with E-state index in [2.05, 4.69) is 10.1 Å². The van der Waals surface area contributed by atoms with Gasteiger partial charge in [-0.1, -0.05) is 5.16 Å². The van der Waals surface area contributed by atoms with E-state index in [4.69, 9.17) is 9.26 Å². The minimum absolute atomic E-state index is 0.237. The van der Waals surface area contributed by atoms with E-state index in [-0.39, 0.29) is 5.69 Å². The lowest BCUT2D eigenvalue weighted by molar-refractivity contribution is 0.0519. The standard InChI is InChI=1S/C10H10N2O3/c1-3-14-10(13)8-5-4-7-6(2)12-15-9(7)11-8/h4-5H,3H2,1-2H3. The molecule has 0 unspecified atom stereocenters. The fourth-order valence-corrected chi connectivity index (χ4v) is 1.26. The third-order valence-corrected chi connectivity index (χ3v) is 2.00. The SMILES string of the molecule is CCOC(=O)c1ccc2c(C)noc2n1. The van der Waals surface area contributed by atoms with Crippen LogP contribution in [0.1, 0.15) is 23.1 Å². The molecule has 2 aromatic rings. The summed E-state index contributed by atoms with van der Waals surface area (Å²) in [6.45, 7) is 3.89. The maximum Gasteiger partial charge on any atom is 0.357 e. The molecule has 0 spiro atoms. The highest BCUT2D eigenvalue weighted by molar-refractivity contribution is 5.90. The highest BCUT2D eigenvalue weighted by atomic mass is 16.5. The summed E-state index contributed by atoms with van der Waals surface area (Å²) in [5.74, 6) is -0.451. The molecule has 0 fully saturated rings. The normalized spacial score (nSPS) is 10.5. The Morgan fingerprint density at radius 3 is 3.07 bits per heavy atom. The molecule has 2 heterocycles. The van der Waals surface area contributed by atoms with E-state index >= 15 is 0 Å². The smallest absolute Gasteiger partial charge is 0.357 e. The number of carbonyl (C=O) groups is 1. The van der Waals surface area contributed by atoms with Crippen LogP contribution in [-0.4, -0.2) is 22.7 Å². The van der Waals surface area contributed by atoms with Crippen molar-refractivity contribution in [2.24, 2.45) is 0 Å². The summed E-state index contributed by atoms with van der Waals surface area (Å²) in [5, 5.41) is 4.56. The van der Waals surface area contributed by atoms with Crippen molar-refractivity contribution < 1.29 is 14.1 Å². The van der Waals surface area contributed by atoms with Gasteiger partial charge in [0.1, 0.15) is 0 Å². The average Bonchev–Trinajstić information content (AvgIpc) is 2.60. The molecule has 15 heavy (non-hydrogen) atoms. The summed E-state index contributed by atoms with van der Waals surface area (Å²) < 4.78 is 9.77. The molecule has 0 aromatic carbocycles. The zero-order chi connectivity index (χ0) is 10.8. The molecule has 5 nitrogen and oxygen atoms in total. The van der Waals surface area contributed by atoms with Crippen molar-refractivity contribution in [3.05, 3.63) is 23.5 Å². The van der Waals surface area contributed by atoms with E-state index in [9.17, 15) is 4.79 Å². The van der Waals surface area contributed by atoms with Crippen molar-refractivity contribution in [3.8, 4) is 0 Å². The summed E-state index contributed by atoms with van der Waals surface area (Å²) >= 11 is 0.